The van der Waals surface area contributed by atoms with E-state index in [2.05, 4.69) is 92.0 Å². The Morgan fingerprint density at radius 2 is 1.58 bits per heavy atom. The third-order valence-corrected chi connectivity index (χ3v) is 3.35. The molecule has 0 amide bonds. The first kappa shape index (κ1) is 25.2. The van der Waals surface area contributed by atoms with E-state index < -0.39 is 0 Å². The molecule has 0 saturated carbocycles. The summed E-state index contributed by atoms with van der Waals surface area (Å²) in [7, 11) is 0. The molecule has 3 aromatic carbocycles. The van der Waals surface area contributed by atoms with E-state index in [0.29, 0.717) is 0 Å². The van der Waals surface area contributed by atoms with Crippen molar-refractivity contribution in [1.82, 2.24) is 0 Å². The molecule has 3 aromatic rings. The summed E-state index contributed by atoms with van der Waals surface area (Å²) in [4.78, 5) is 0. The van der Waals surface area contributed by atoms with Crippen LogP contribution in [-0.2, 0) is 23.3 Å². The second-order valence-corrected chi connectivity index (χ2v) is 15.1. The molecule has 1 aliphatic carbocycles. The summed E-state index contributed by atoms with van der Waals surface area (Å²) in [5, 5.41) is 2.65. The maximum atomic E-state index is 2.99. The van der Waals surface area contributed by atoms with Gasteiger partial charge in [-0.05, 0) is 0 Å². The van der Waals surface area contributed by atoms with Crippen molar-refractivity contribution in [2.75, 3.05) is 0 Å². The smallest absolute Gasteiger partial charge is 0.0623 e. The van der Waals surface area contributed by atoms with Crippen molar-refractivity contribution in [3.05, 3.63) is 91.0 Å². The van der Waals surface area contributed by atoms with Gasteiger partial charge < -0.3 is 0 Å². The van der Waals surface area contributed by atoms with Gasteiger partial charge in [-0.2, -0.15) is 6.08 Å². The summed E-state index contributed by atoms with van der Waals surface area (Å²) in [6.07, 6.45) is 10.0. The van der Waals surface area contributed by atoms with Gasteiger partial charge in [0.25, 0.3) is 0 Å². The van der Waals surface area contributed by atoms with Crippen LogP contribution in [0, 0.1) is 6.08 Å². The molecule has 0 fully saturated rings. The molecular weight excluding hydrogens is 454 g/mol. The Bertz CT molecular complexity index is 821. The Morgan fingerprint density at radius 1 is 0.962 bits per heavy atom. The van der Waals surface area contributed by atoms with Crippen LogP contribution in [0.4, 0.5) is 0 Å². The predicted molar refractivity (Wildman–Crippen MR) is 119 cm³/mol. The second-order valence-electron chi connectivity index (χ2n) is 5.70. The second kappa shape index (κ2) is 14.3. The van der Waals surface area contributed by atoms with Crippen molar-refractivity contribution < 1.29 is 23.3 Å². The average molecular weight is 479 g/mol. The summed E-state index contributed by atoms with van der Waals surface area (Å²) in [5.74, 6) is 0. The van der Waals surface area contributed by atoms with E-state index in [0.717, 1.165) is 6.42 Å². The topological polar surface area (TPSA) is 0 Å². The number of halogens is 2. The van der Waals surface area contributed by atoms with Crippen LogP contribution >= 0.6 is 24.8 Å². The Hall–Kier alpha value is -0.790. The SMILES string of the molecule is C[Si](C)=[Zr+2].Cl.Cl.[C-]1=CC=CC1.c1ccc(-c2c[cH-]c3ccccc23)cc1. The molecule has 1 aliphatic rings. The fraction of sp³-hybridized carbons (Fsp3) is 0.136. The number of fused-ring (bicyclic) bond motifs is 1. The molecule has 4 heteroatoms. The van der Waals surface area contributed by atoms with E-state index in [-0.39, 0.29) is 30.2 Å². The van der Waals surface area contributed by atoms with Crippen molar-refractivity contribution in [3.63, 3.8) is 0 Å². The molecule has 0 unspecified atom stereocenters. The first-order chi connectivity index (χ1) is 11.7. The number of rotatable bonds is 1. The van der Waals surface area contributed by atoms with Crippen LogP contribution in [0.2, 0.25) is 13.1 Å². The molecule has 0 N–H and O–H groups in total. The summed E-state index contributed by atoms with van der Waals surface area (Å²) < 4.78 is 0. The molecule has 0 nitrogen and oxygen atoms in total. The quantitative estimate of drug-likeness (QED) is 0.257. The molecule has 26 heavy (non-hydrogen) atoms. The van der Waals surface area contributed by atoms with Gasteiger partial charge in [0, 0.05) is 0 Å². The van der Waals surface area contributed by atoms with Crippen molar-refractivity contribution in [1.29, 1.82) is 0 Å². The zero-order chi connectivity index (χ0) is 17.2. The summed E-state index contributed by atoms with van der Waals surface area (Å²) >= 11 is 1.74. The van der Waals surface area contributed by atoms with Gasteiger partial charge in [0.2, 0.25) is 0 Å². The molecule has 0 bridgehead atoms. The van der Waals surface area contributed by atoms with Crippen LogP contribution in [0.1, 0.15) is 6.42 Å². The molecule has 134 valence electrons. The maximum Gasteiger partial charge on any atom is -0.0623 e. The third kappa shape index (κ3) is 8.73. The summed E-state index contributed by atoms with van der Waals surface area (Å²) in [6.45, 7) is 4.62. The van der Waals surface area contributed by atoms with Crippen LogP contribution in [0.3, 0.4) is 0 Å². The number of hydrogen-bond acceptors (Lipinski definition) is 0. The van der Waals surface area contributed by atoms with Gasteiger partial charge in [0.15, 0.2) is 0 Å². The Balaban J connectivity index is 0.000000480. The molecule has 0 aromatic heterocycles. The molecule has 0 aliphatic heterocycles. The molecule has 0 radical (unpaired) electrons. The van der Waals surface area contributed by atoms with Gasteiger partial charge in [-0.25, -0.2) is 12.2 Å². The largest absolute Gasteiger partial charge is 0.273 e. The van der Waals surface area contributed by atoms with Gasteiger partial charge in [-0.1, -0.05) is 42.0 Å². The zero-order valence-corrected chi connectivity index (χ0v) is 20.2. The van der Waals surface area contributed by atoms with E-state index in [1.54, 1.807) is 23.3 Å². The van der Waals surface area contributed by atoms with E-state index in [1.807, 2.05) is 12.2 Å². The standard InChI is InChI=1S/C15H11.C5H5.C2H6Si.2ClH.Zr/c1-2-6-12(7-3-1)15-11-10-13-8-4-5-9-14(13)15;1-2-4-5-3-1;1-3-2;;;/h1-11H;1-3H,4H2;1-2H3;2*1H;/q2*-1;;;;+2. The predicted octanol–water partition coefficient (Wildman–Crippen LogP) is 7.16. The van der Waals surface area contributed by atoms with E-state index in [9.17, 15) is 0 Å². The fourth-order valence-corrected chi connectivity index (χ4v) is 2.36. The van der Waals surface area contributed by atoms with Crippen molar-refractivity contribution >= 4 is 41.0 Å². The summed E-state index contributed by atoms with van der Waals surface area (Å²) in [6, 6.07) is 23.4. The third-order valence-electron chi connectivity index (χ3n) is 3.35. The number of benzene rings is 2. The first-order valence-corrected chi connectivity index (χ1v) is 14.3. The van der Waals surface area contributed by atoms with E-state index in [1.165, 1.54) is 21.9 Å². The minimum Gasteiger partial charge on any atom is -0.273 e. The van der Waals surface area contributed by atoms with Gasteiger partial charge in [-0.3, -0.25) is 6.08 Å². The molecule has 0 saturated heterocycles. The number of hydrogen-bond donors (Lipinski definition) is 0. The Labute approximate surface area is 185 Å². The minimum absolute atomic E-state index is 0. The molecule has 0 heterocycles. The van der Waals surface area contributed by atoms with Gasteiger partial charge in [0.05, 0.1) is 0 Å². The van der Waals surface area contributed by atoms with Crippen LogP contribution in [0.5, 0.6) is 0 Å². The maximum absolute atomic E-state index is 2.99. The van der Waals surface area contributed by atoms with Crippen molar-refractivity contribution in [2.45, 2.75) is 19.5 Å². The molecule has 4 rings (SSSR count). The monoisotopic (exact) mass is 476 g/mol. The van der Waals surface area contributed by atoms with Gasteiger partial charge in [-0.15, -0.1) is 77.9 Å². The first-order valence-electron chi connectivity index (χ1n) is 8.12. The Kier molecular flexibility index (Phi) is 13.9. The average Bonchev–Trinajstić information content (AvgIpc) is 3.28. The van der Waals surface area contributed by atoms with Gasteiger partial charge in [0.1, 0.15) is 0 Å². The molecule has 0 atom stereocenters. The van der Waals surface area contributed by atoms with Crippen LogP contribution in [0.25, 0.3) is 21.9 Å². The van der Waals surface area contributed by atoms with Crippen LogP contribution in [0.15, 0.2) is 85.0 Å². The molecular formula is C22H24Cl2SiZr. The fourth-order valence-electron chi connectivity index (χ4n) is 2.36. The van der Waals surface area contributed by atoms with Crippen molar-refractivity contribution in [2.24, 2.45) is 0 Å². The summed E-state index contributed by atoms with van der Waals surface area (Å²) in [5.41, 5.74) is 2.83. The minimum atomic E-state index is 0. The molecule has 0 spiro atoms. The van der Waals surface area contributed by atoms with E-state index >= 15 is 0 Å². The van der Waals surface area contributed by atoms with E-state index in [4.69, 9.17) is 0 Å². The van der Waals surface area contributed by atoms with Crippen molar-refractivity contribution in [3.8, 4) is 11.1 Å². The number of allylic oxidation sites excluding steroid dienone is 4. The normalized spacial score (nSPS) is 10.6. The Morgan fingerprint density at radius 3 is 2.12 bits per heavy atom. The van der Waals surface area contributed by atoms with Gasteiger partial charge >= 0.3 is 41.9 Å². The van der Waals surface area contributed by atoms with Crippen LogP contribution < -0.4 is 0 Å². The zero-order valence-electron chi connectivity index (χ0n) is 15.1. The van der Waals surface area contributed by atoms with Crippen LogP contribution in [-0.4, -0.2) is 5.43 Å².